The van der Waals surface area contributed by atoms with E-state index in [1.807, 2.05) is 61.6 Å². The summed E-state index contributed by atoms with van der Waals surface area (Å²) in [5.74, 6) is 6.38. The molecule has 1 atom stereocenters. The van der Waals surface area contributed by atoms with Crippen LogP contribution in [0.2, 0.25) is 5.02 Å². The lowest BCUT2D eigenvalue weighted by Crippen LogP contribution is -2.14. The second-order valence-electron chi connectivity index (χ2n) is 3.91. The van der Waals surface area contributed by atoms with Crippen LogP contribution >= 0.6 is 11.6 Å². The summed E-state index contributed by atoms with van der Waals surface area (Å²) in [6.07, 6.45) is 0. The highest BCUT2D eigenvalue weighted by molar-refractivity contribution is 6.30. The molecule has 0 saturated heterocycles. The average molecular weight is 256 g/mol. The van der Waals surface area contributed by atoms with Gasteiger partial charge in [-0.05, 0) is 36.9 Å². The minimum Gasteiger partial charge on any atom is -0.303 e. The number of benzene rings is 2. The normalized spacial score (nSPS) is 11.4. The lowest BCUT2D eigenvalue weighted by atomic mass is 10.1. The van der Waals surface area contributed by atoms with Crippen molar-refractivity contribution in [3.05, 3.63) is 70.7 Å². The number of hydrogen-bond donors (Lipinski definition) is 1. The molecule has 2 aromatic rings. The van der Waals surface area contributed by atoms with Crippen LogP contribution in [0.25, 0.3) is 0 Å². The summed E-state index contributed by atoms with van der Waals surface area (Å²) < 4.78 is 0. The van der Waals surface area contributed by atoms with Gasteiger partial charge in [-0.2, -0.15) is 0 Å². The van der Waals surface area contributed by atoms with Crippen molar-refractivity contribution >= 4 is 11.6 Å². The molecule has 0 fully saturated rings. The molecule has 0 aliphatic heterocycles. The zero-order valence-electron chi connectivity index (χ0n) is 10.2. The van der Waals surface area contributed by atoms with Crippen LogP contribution in [-0.2, 0) is 0 Å². The van der Waals surface area contributed by atoms with E-state index < -0.39 is 0 Å². The summed E-state index contributed by atoms with van der Waals surface area (Å²) in [6.45, 7) is 0. The Labute approximate surface area is 113 Å². The van der Waals surface area contributed by atoms with Gasteiger partial charge in [-0.15, -0.1) is 0 Å². The highest BCUT2D eigenvalue weighted by atomic mass is 35.5. The second kappa shape index (κ2) is 6.26. The Hall–Kier alpha value is -1.75. The van der Waals surface area contributed by atoms with Crippen molar-refractivity contribution in [1.82, 2.24) is 5.32 Å². The van der Waals surface area contributed by atoms with Gasteiger partial charge in [0.2, 0.25) is 0 Å². The summed E-state index contributed by atoms with van der Waals surface area (Å²) in [5.41, 5.74) is 2.14. The lowest BCUT2D eigenvalue weighted by molar-refractivity contribution is 0.736. The van der Waals surface area contributed by atoms with Crippen LogP contribution < -0.4 is 5.32 Å². The third-order valence-electron chi connectivity index (χ3n) is 2.63. The molecule has 0 radical (unpaired) electrons. The number of hydrogen-bond acceptors (Lipinski definition) is 1. The molecule has 0 amide bonds. The average Bonchev–Trinajstić information content (AvgIpc) is 2.42. The van der Waals surface area contributed by atoms with Gasteiger partial charge in [0.1, 0.15) is 0 Å². The molecule has 2 aromatic carbocycles. The molecular formula is C16H14ClN. The first kappa shape index (κ1) is 12.7. The number of rotatable bonds is 2. The maximum absolute atomic E-state index is 5.88. The van der Waals surface area contributed by atoms with Crippen LogP contribution in [0.15, 0.2) is 54.6 Å². The monoisotopic (exact) mass is 255 g/mol. The Bertz CT molecular complexity index is 549. The minimum atomic E-state index is 0.0162. The predicted octanol–water partition coefficient (Wildman–Crippen LogP) is 3.65. The molecule has 90 valence electrons. The van der Waals surface area contributed by atoms with Crippen LogP contribution in [0.4, 0.5) is 0 Å². The van der Waals surface area contributed by atoms with E-state index in [0.29, 0.717) is 0 Å². The van der Waals surface area contributed by atoms with Crippen LogP contribution in [-0.4, -0.2) is 7.05 Å². The quantitative estimate of drug-likeness (QED) is 0.808. The number of halogens is 1. The van der Waals surface area contributed by atoms with Gasteiger partial charge in [0.25, 0.3) is 0 Å². The van der Waals surface area contributed by atoms with Gasteiger partial charge >= 0.3 is 0 Å². The molecule has 0 saturated carbocycles. The molecule has 0 aliphatic rings. The lowest BCUT2D eigenvalue weighted by Gasteiger charge is -2.09. The maximum Gasteiger partial charge on any atom is 0.0947 e. The van der Waals surface area contributed by atoms with Crippen molar-refractivity contribution in [3.8, 4) is 11.8 Å². The molecule has 1 unspecified atom stereocenters. The van der Waals surface area contributed by atoms with Gasteiger partial charge < -0.3 is 5.32 Å². The predicted molar refractivity (Wildman–Crippen MR) is 76.6 cm³/mol. The van der Waals surface area contributed by atoms with E-state index in [1.165, 1.54) is 0 Å². The summed E-state index contributed by atoms with van der Waals surface area (Å²) in [5, 5.41) is 3.93. The molecular weight excluding hydrogens is 242 g/mol. The number of nitrogens with one attached hydrogen (secondary N) is 1. The van der Waals surface area contributed by atoms with Gasteiger partial charge in [-0.25, -0.2) is 0 Å². The fourth-order valence-electron chi connectivity index (χ4n) is 1.65. The summed E-state index contributed by atoms with van der Waals surface area (Å²) in [4.78, 5) is 0. The van der Waals surface area contributed by atoms with Crippen LogP contribution in [0.1, 0.15) is 17.2 Å². The topological polar surface area (TPSA) is 12.0 Å². The van der Waals surface area contributed by atoms with Gasteiger partial charge in [0, 0.05) is 10.6 Å². The Balaban J connectivity index is 2.20. The van der Waals surface area contributed by atoms with Gasteiger partial charge in [-0.3, -0.25) is 0 Å². The Morgan fingerprint density at radius 2 is 1.67 bits per heavy atom. The van der Waals surface area contributed by atoms with E-state index in [1.54, 1.807) is 0 Å². The van der Waals surface area contributed by atoms with Crippen LogP contribution in [0, 0.1) is 11.8 Å². The summed E-state index contributed by atoms with van der Waals surface area (Å²) in [7, 11) is 1.90. The smallest absolute Gasteiger partial charge is 0.0947 e. The van der Waals surface area contributed by atoms with Crippen molar-refractivity contribution in [2.45, 2.75) is 6.04 Å². The van der Waals surface area contributed by atoms with E-state index in [0.717, 1.165) is 16.1 Å². The fourth-order valence-corrected chi connectivity index (χ4v) is 1.78. The van der Waals surface area contributed by atoms with E-state index in [-0.39, 0.29) is 6.04 Å². The van der Waals surface area contributed by atoms with Gasteiger partial charge in [0.15, 0.2) is 0 Å². The highest BCUT2D eigenvalue weighted by Gasteiger charge is 2.04. The first-order valence-corrected chi connectivity index (χ1v) is 6.17. The van der Waals surface area contributed by atoms with Gasteiger partial charge in [0.05, 0.1) is 6.04 Å². The second-order valence-corrected chi connectivity index (χ2v) is 4.35. The summed E-state index contributed by atoms with van der Waals surface area (Å²) in [6, 6.07) is 17.7. The first-order chi connectivity index (χ1) is 8.79. The molecule has 18 heavy (non-hydrogen) atoms. The molecule has 0 aromatic heterocycles. The molecule has 0 bridgehead atoms. The third-order valence-corrected chi connectivity index (χ3v) is 2.88. The Morgan fingerprint density at radius 1 is 1.00 bits per heavy atom. The van der Waals surface area contributed by atoms with E-state index in [9.17, 15) is 0 Å². The largest absolute Gasteiger partial charge is 0.303 e. The highest BCUT2D eigenvalue weighted by Crippen LogP contribution is 2.15. The van der Waals surface area contributed by atoms with Crippen LogP contribution in [0.5, 0.6) is 0 Å². The van der Waals surface area contributed by atoms with E-state index in [4.69, 9.17) is 11.6 Å². The van der Waals surface area contributed by atoms with Crippen molar-refractivity contribution < 1.29 is 0 Å². The van der Waals surface area contributed by atoms with Gasteiger partial charge in [-0.1, -0.05) is 53.8 Å². The maximum atomic E-state index is 5.88. The van der Waals surface area contributed by atoms with E-state index in [2.05, 4.69) is 17.2 Å². The molecule has 0 heterocycles. The summed E-state index contributed by atoms with van der Waals surface area (Å²) >= 11 is 5.88. The zero-order chi connectivity index (χ0) is 12.8. The van der Waals surface area contributed by atoms with Crippen molar-refractivity contribution in [1.29, 1.82) is 0 Å². The first-order valence-electron chi connectivity index (χ1n) is 5.79. The molecule has 1 N–H and O–H groups in total. The fraction of sp³-hybridized carbons (Fsp3) is 0.125. The molecule has 0 spiro atoms. The SMILES string of the molecule is CNC(C#Cc1ccccc1)c1ccc(Cl)cc1. The van der Waals surface area contributed by atoms with E-state index >= 15 is 0 Å². The minimum absolute atomic E-state index is 0.0162. The Morgan fingerprint density at radius 3 is 2.28 bits per heavy atom. The van der Waals surface area contributed by atoms with Crippen LogP contribution in [0.3, 0.4) is 0 Å². The zero-order valence-corrected chi connectivity index (χ0v) is 10.9. The Kier molecular flexibility index (Phi) is 4.41. The molecule has 2 rings (SSSR count). The van der Waals surface area contributed by atoms with Crippen molar-refractivity contribution in [2.24, 2.45) is 0 Å². The standard InChI is InChI=1S/C16H14ClN/c1-18-16(14-8-10-15(17)11-9-14)12-7-13-5-3-2-4-6-13/h2-6,8-11,16,18H,1H3. The van der Waals surface area contributed by atoms with Crippen molar-refractivity contribution in [3.63, 3.8) is 0 Å². The molecule has 2 heteroatoms. The molecule has 1 nitrogen and oxygen atoms in total. The third kappa shape index (κ3) is 3.37. The van der Waals surface area contributed by atoms with Crippen molar-refractivity contribution in [2.75, 3.05) is 7.05 Å². The molecule has 0 aliphatic carbocycles.